The van der Waals surface area contributed by atoms with Crippen LogP contribution in [-0.4, -0.2) is 183 Å². The van der Waals surface area contributed by atoms with Crippen LogP contribution in [0.4, 0.5) is 25.8 Å². The van der Waals surface area contributed by atoms with Crippen molar-refractivity contribution in [2.75, 3.05) is 98.5 Å². The molecule has 0 saturated carbocycles. The molecule has 3 fully saturated rings. The number of nitrogens with one attached hydrogen (secondary N) is 3. The minimum Gasteiger partial charge on any atom is -0.870 e. The van der Waals surface area contributed by atoms with Gasteiger partial charge in [-0.1, -0.05) is 73.2 Å². The smallest absolute Gasteiger partial charge is 0.870 e. The minimum atomic E-state index is -0.827. The average Bonchev–Trinajstić information content (AvgIpc) is 1.63. The van der Waals surface area contributed by atoms with E-state index in [1.54, 1.807) is 50.4 Å². The predicted molar refractivity (Wildman–Crippen MR) is 452 cm³/mol. The summed E-state index contributed by atoms with van der Waals surface area (Å²) in [5, 5.41) is 18.8. The van der Waals surface area contributed by atoms with E-state index in [1.807, 2.05) is 171 Å². The molecule has 0 radical (unpaired) electrons. The molecule has 6 atom stereocenters. The number of aryl methyl sites for hydroxylation is 1. The molecule has 5 amide bonds. The number of likely N-dealkylation sites (tertiary alicyclic amines) is 2. The number of hydrogen-bond acceptors (Lipinski definition) is 21. The van der Waals surface area contributed by atoms with Gasteiger partial charge in [-0.15, -0.1) is 0 Å². The molecule has 1 aliphatic carbocycles. The number of methoxy groups -OCH3 is 4. The second-order valence-electron chi connectivity index (χ2n) is 32.6. The maximum absolute atomic E-state index is 13.2. The Morgan fingerprint density at radius 1 is 0.508 bits per heavy atom. The fraction of sp³-hybridized carbons (Fsp3) is 0.489. The average molecular weight is 1650 g/mol. The second kappa shape index (κ2) is 47.9. The third-order valence-electron chi connectivity index (χ3n) is 21.1. The van der Waals surface area contributed by atoms with E-state index in [0.29, 0.717) is 94.9 Å². The topological polar surface area (TPSA) is 367 Å². The number of carbonyl (C=O) groups is 8. The molecule has 0 unspecified atom stereocenters. The van der Waals surface area contributed by atoms with Crippen molar-refractivity contribution in [2.45, 2.75) is 188 Å². The van der Waals surface area contributed by atoms with Gasteiger partial charge in [0.25, 0.3) is 5.91 Å². The number of anilines is 2. The Balaban J connectivity index is 0.000000269. The Labute approximate surface area is 718 Å². The summed E-state index contributed by atoms with van der Waals surface area (Å²) in [5.41, 5.74) is 16.1. The zero-order chi connectivity index (χ0) is 86.4. The zero-order valence-corrected chi connectivity index (χ0v) is 72.7. The maximum atomic E-state index is 13.2. The molecule has 0 aromatic heterocycles. The number of esters is 1. The van der Waals surface area contributed by atoms with Crippen LogP contribution in [0.3, 0.4) is 0 Å². The van der Waals surface area contributed by atoms with Crippen molar-refractivity contribution in [1.82, 2.24) is 25.3 Å². The van der Waals surface area contributed by atoms with Gasteiger partial charge in [-0.3, -0.25) is 24.0 Å². The number of nitrogens with zero attached hydrogens (tertiary/aromatic N) is 3. The number of rotatable bonds is 14. The molecule has 5 aliphatic heterocycles. The molecular weight excluding hydrogens is 1530 g/mol. The molecule has 120 heavy (non-hydrogen) atoms. The number of benzene rings is 6. The summed E-state index contributed by atoms with van der Waals surface area (Å²) in [5.74, 6) is 1.39. The van der Waals surface area contributed by atoms with Crippen LogP contribution in [0.2, 0.25) is 0 Å². The largest absolute Gasteiger partial charge is 1.00 e. The van der Waals surface area contributed by atoms with Gasteiger partial charge >= 0.3 is 55.2 Å². The molecular formula is C92H122LiN7O20. The van der Waals surface area contributed by atoms with Crippen molar-refractivity contribution in [3.8, 4) is 23.0 Å². The number of carboxylic acids is 1. The number of carbonyl (C=O) groups excluding carboxylic acids is 9. The van der Waals surface area contributed by atoms with Gasteiger partial charge in [0.1, 0.15) is 39.8 Å². The molecule has 6 aromatic rings. The van der Waals surface area contributed by atoms with Crippen LogP contribution in [0.15, 0.2) is 139 Å². The molecule has 12 rings (SSSR count). The summed E-state index contributed by atoms with van der Waals surface area (Å²) < 4.78 is 42.7. The van der Waals surface area contributed by atoms with Gasteiger partial charge in [-0.25, -0.2) is 14.4 Å². The Morgan fingerprint density at radius 3 is 1.39 bits per heavy atom. The second-order valence-corrected chi connectivity index (χ2v) is 32.6. The SMILES string of the molecule is CCC1=C(c2ccc(OC)cc2)CCN(C(=O)OC(C)(C)C)CC1.CCOC(=O)[C@H]1CCN(C(=O)OC(C)(C)C)CC[C@@H]1c1ccc(OC)cc1.COc1ccc([C@H]2CCN(C(=O)OC(C)(C)C)CC[C@@H]2C(=O)O)cc1.COc1ccc([C@H]2CCNCC[C@@H]2C(=O)Nc2ccc3c(c2)C(=O)CC3)cc1.Nc1ccc2c(c1)C(=O)NC2.O=C=O.[Li+].[OH-]. The third-order valence-corrected chi connectivity index (χ3v) is 21.1. The molecule has 5 heterocycles. The number of aliphatic carboxylic acids is 1. The van der Waals surface area contributed by atoms with Crippen molar-refractivity contribution in [3.63, 3.8) is 0 Å². The Kier molecular flexibility index (Phi) is 39.9. The maximum Gasteiger partial charge on any atom is 1.00 e. The fourth-order valence-electron chi connectivity index (χ4n) is 15.1. The van der Waals surface area contributed by atoms with E-state index in [-0.39, 0.29) is 102 Å². The van der Waals surface area contributed by atoms with Crippen LogP contribution < -0.4 is 59.5 Å². The Bertz CT molecular complexity index is 4400. The van der Waals surface area contributed by atoms with Crippen molar-refractivity contribution in [3.05, 3.63) is 184 Å². The van der Waals surface area contributed by atoms with Gasteiger partial charge in [0.05, 0.1) is 46.9 Å². The van der Waals surface area contributed by atoms with Crippen LogP contribution in [0.25, 0.3) is 5.57 Å². The number of ketones is 1. The number of hydrogen-bond donors (Lipinski definition) is 5. The summed E-state index contributed by atoms with van der Waals surface area (Å²) in [6, 6.07) is 42.6. The number of Topliss-reactive ketones (excluding diaryl/α,β-unsaturated/α-hetero) is 1. The van der Waals surface area contributed by atoms with Gasteiger partial charge in [0, 0.05) is 80.7 Å². The predicted octanol–water partition coefficient (Wildman–Crippen LogP) is 12.7. The molecule has 28 heteroatoms. The van der Waals surface area contributed by atoms with Crippen LogP contribution in [0, 0.1) is 17.8 Å². The molecule has 7 N–H and O–H groups in total. The van der Waals surface area contributed by atoms with Crippen molar-refractivity contribution < 1.29 is 115 Å². The number of carboxylic acid groups (broad SMARTS) is 1. The summed E-state index contributed by atoms with van der Waals surface area (Å²) in [6.45, 7) is 26.7. The van der Waals surface area contributed by atoms with E-state index < -0.39 is 28.7 Å². The molecule has 0 spiro atoms. The van der Waals surface area contributed by atoms with Crippen LogP contribution in [0.5, 0.6) is 23.0 Å². The molecule has 3 saturated heterocycles. The van der Waals surface area contributed by atoms with Gasteiger partial charge in [-0.05, 0) is 276 Å². The van der Waals surface area contributed by atoms with E-state index in [2.05, 4.69) is 47.1 Å². The molecule has 27 nitrogen and oxygen atoms in total. The first-order valence-corrected chi connectivity index (χ1v) is 40.6. The summed E-state index contributed by atoms with van der Waals surface area (Å²) in [7, 11) is 6.55. The fourth-order valence-corrected chi connectivity index (χ4v) is 15.1. The standard InChI is InChI=1S/C23H26N2O3.C21H31NO5.C20H29NO3.C19H27NO5.C8H8N2O.CO2.Li.H2O/c1-28-18-7-3-15(4-8-18)19-10-12-24-13-11-20(19)23(27)25-17-6-2-16-5-9-22(26)21(16)14-17;1-6-26-19(23)18-12-14-22(20(24)27-21(2,3)4)13-11-17(18)15-7-9-16(25-5)10-8-15;1-6-15-11-13-21(19(22)24-20(2,3)4)14-12-18(15)16-7-9-17(23-5)10-8-16;1-19(2,3)25-18(23)20-11-9-15(16(10-12-20)17(21)22)13-5-7-14(24-4)8-6-13;9-6-2-1-5-4-10-8(11)7(5)3-6;2-1-3;;/h2-4,6-8,14,19-20,24H,5,9-13H2,1H3,(H,25,27);7-10,17-18H,6,11-14H2,1-5H3;7-10H,6,11-14H2,1-5H3;5-8,15-16H,9-12H2,1-4H3,(H,21,22);1-3H,4,9H2,(H,10,11);;;1H2/q;;;;;;+1;/p-1/t19-,20+;17-,18+;;15-,16+;;;;/m11.1..../s1. The first kappa shape index (κ1) is 99.9. The Morgan fingerprint density at radius 2 is 0.933 bits per heavy atom. The van der Waals surface area contributed by atoms with Gasteiger partial charge < -0.3 is 84.9 Å². The number of ether oxygens (including phenoxy) is 8. The molecule has 6 aromatic carbocycles. The zero-order valence-electron chi connectivity index (χ0n) is 72.7. The third kappa shape index (κ3) is 30.5. The van der Waals surface area contributed by atoms with Gasteiger partial charge in [0.2, 0.25) is 5.91 Å². The van der Waals surface area contributed by atoms with Crippen molar-refractivity contribution >= 4 is 70.9 Å². The monoisotopic (exact) mass is 1650 g/mol. The number of fused-ring (bicyclic) bond motifs is 2. The van der Waals surface area contributed by atoms with Crippen molar-refractivity contribution in [1.29, 1.82) is 0 Å². The molecule has 6 aliphatic rings. The first-order valence-electron chi connectivity index (χ1n) is 40.6. The quantitative estimate of drug-likeness (QED) is 0.0293. The first-order chi connectivity index (χ1) is 56.1. The van der Waals surface area contributed by atoms with Crippen LogP contribution in [-0.2, 0) is 55.9 Å². The van der Waals surface area contributed by atoms with E-state index >= 15 is 0 Å². The van der Waals surface area contributed by atoms with Gasteiger partial charge in [-0.2, -0.15) is 9.59 Å². The molecule has 0 bridgehead atoms. The normalized spacial score (nSPS) is 18.7. The number of nitrogens with two attached hydrogens (primary N) is 1. The summed E-state index contributed by atoms with van der Waals surface area (Å²) in [6.07, 6.45) is 7.37. The number of amides is 5. The van der Waals surface area contributed by atoms with E-state index in [4.69, 9.17) is 53.2 Å². The number of nitrogen functional groups attached to an aromatic ring is 1. The minimum absolute atomic E-state index is 0. The van der Waals surface area contributed by atoms with E-state index in [0.717, 1.165) is 115 Å². The summed E-state index contributed by atoms with van der Waals surface area (Å²) in [4.78, 5) is 119. The van der Waals surface area contributed by atoms with Crippen molar-refractivity contribution in [2.24, 2.45) is 17.8 Å². The Hall–Kier alpha value is -10.7. The summed E-state index contributed by atoms with van der Waals surface area (Å²) >= 11 is 0. The van der Waals surface area contributed by atoms with E-state index in [9.17, 15) is 43.5 Å². The van der Waals surface area contributed by atoms with Crippen LogP contribution in [0.1, 0.15) is 212 Å². The van der Waals surface area contributed by atoms with E-state index in [1.165, 1.54) is 16.7 Å². The van der Waals surface area contributed by atoms with Crippen LogP contribution >= 0.6 is 0 Å². The molecule has 646 valence electrons. The van der Waals surface area contributed by atoms with Gasteiger partial charge in [0.15, 0.2) is 5.78 Å².